The van der Waals surface area contributed by atoms with Crippen LogP contribution in [0.4, 0.5) is 0 Å². The normalized spacial score (nSPS) is 19.5. The molecule has 2 heterocycles. The van der Waals surface area contributed by atoms with Crippen LogP contribution in [0.2, 0.25) is 0 Å². The molecule has 1 aromatic carbocycles. The number of rotatable bonds is 10. The van der Waals surface area contributed by atoms with Crippen LogP contribution < -0.4 is 20.1 Å². The molecule has 2 aliphatic heterocycles. The molecule has 2 amide bonds. The van der Waals surface area contributed by atoms with Gasteiger partial charge in [-0.05, 0) is 25.1 Å². The van der Waals surface area contributed by atoms with Crippen molar-refractivity contribution in [2.45, 2.75) is 17.5 Å². The van der Waals surface area contributed by atoms with E-state index in [2.05, 4.69) is 15.5 Å². The number of hydrogen-bond donors (Lipinski definition) is 2. The molecule has 0 radical (unpaired) electrons. The van der Waals surface area contributed by atoms with Crippen molar-refractivity contribution in [2.24, 2.45) is 0 Å². The van der Waals surface area contributed by atoms with Crippen LogP contribution >= 0.6 is 0 Å². The Kier molecular flexibility index (Phi) is 9.47. The number of nitrogens with zero attached hydrogens (tertiary/aromatic N) is 2. The van der Waals surface area contributed by atoms with Gasteiger partial charge in [-0.25, -0.2) is 8.42 Å². The van der Waals surface area contributed by atoms with Crippen LogP contribution in [0.5, 0.6) is 11.5 Å². The summed E-state index contributed by atoms with van der Waals surface area (Å²) in [5, 5.41) is 5.04. The van der Waals surface area contributed by atoms with Crippen molar-refractivity contribution in [3.05, 3.63) is 18.2 Å². The molecule has 3 rings (SSSR count). The highest BCUT2D eigenvalue weighted by molar-refractivity contribution is 7.89. The lowest BCUT2D eigenvalue weighted by Gasteiger charge is -2.26. The zero-order valence-corrected chi connectivity index (χ0v) is 20.3. The van der Waals surface area contributed by atoms with E-state index < -0.39 is 28.1 Å². The van der Waals surface area contributed by atoms with Gasteiger partial charge in [0.1, 0.15) is 6.23 Å². The van der Waals surface area contributed by atoms with Crippen molar-refractivity contribution in [3.63, 3.8) is 0 Å². The Bertz CT molecular complexity index is 952. The first-order chi connectivity index (χ1) is 16.4. The van der Waals surface area contributed by atoms with Gasteiger partial charge in [0.15, 0.2) is 11.5 Å². The molecular weight excluding hydrogens is 468 g/mol. The highest BCUT2D eigenvalue weighted by Gasteiger charge is 2.37. The number of nitrogens with one attached hydrogen (secondary N) is 2. The SMILES string of the molecule is COc1ccc(S(=O)(=O)N2CCO[C@H]2CNC(=O)C(=O)NCCCN2CCOCC2)cc1OC. The van der Waals surface area contributed by atoms with Crippen LogP contribution in [0, 0.1) is 0 Å². The molecule has 190 valence electrons. The van der Waals surface area contributed by atoms with Gasteiger partial charge < -0.3 is 29.6 Å². The van der Waals surface area contributed by atoms with Crippen molar-refractivity contribution >= 4 is 21.8 Å². The fourth-order valence-electron chi connectivity index (χ4n) is 3.72. The van der Waals surface area contributed by atoms with Crippen molar-refractivity contribution in [2.75, 3.05) is 73.3 Å². The van der Waals surface area contributed by atoms with Crippen LogP contribution in [0.15, 0.2) is 23.1 Å². The number of morpholine rings is 1. The summed E-state index contributed by atoms with van der Waals surface area (Å²) in [7, 11) is -1.06. The molecule has 13 heteroatoms. The first kappa shape index (κ1) is 26.2. The van der Waals surface area contributed by atoms with Crippen molar-refractivity contribution in [1.29, 1.82) is 0 Å². The number of methoxy groups -OCH3 is 2. The van der Waals surface area contributed by atoms with E-state index in [0.29, 0.717) is 31.9 Å². The molecule has 34 heavy (non-hydrogen) atoms. The van der Waals surface area contributed by atoms with Gasteiger partial charge >= 0.3 is 11.8 Å². The molecule has 1 atom stereocenters. The van der Waals surface area contributed by atoms with E-state index in [0.717, 1.165) is 23.9 Å². The van der Waals surface area contributed by atoms with E-state index >= 15 is 0 Å². The second kappa shape index (κ2) is 12.3. The van der Waals surface area contributed by atoms with E-state index in [1.807, 2.05) is 0 Å². The first-order valence-corrected chi connectivity index (χ1v) is 12.5. The Morgan fingerprint density at radius 3 is 2.44 bits per heavy atom. The fourth-order valence-corrected chi connectivity index (χ4v) is 5.25. The highest BCUT2D eigenvalue weighted by Crippen LogP contribution is 2.31. The Hall–Kier alpha value is -2.45. The van der Waals surface area contributed by atoms with E-state index in [1.54, 1.807) is 0 Å². The van der Waals surface area contributed by atoms with Crippen molar-refractivity contribution in [3.8, 4) is 11.5 Å². The van der Waals surface area contributed by atoms with E-state index in [4.69, 9.17) is 18.9 Å². The molecule has 0 unspecified atom stereocenters. The number of carbonyl (C=O) groups excluding carboxylic acids is 2. The molecule has 2 fully saturated rings. The minimum absolute atomic E-state index is 0.00462. The van der Waals surface area contributed by atoms with Crippen LogP contribution in [-0.2, 0) is 29.1 Å². The third kappa shape index (κ3) is 6.57. The summed E-state index contributed by atoms with van der Waals surface area (Å²) >= 11 is 0. The van der Waals surface area contributed by atoms with E-state index in [-0.39, 0.29) is 30.3 Å². The molecule has 1 aromatic rings. The number of amides is 2. The van der Waals surface area contributed by atoms with Gasteiger partial charge in [0.05, 0.1) is 45.5 Å². The molecular formula is C21H32N4O8S. The maximum Gasteiger partial charge on any atom is 0.309 e. The van der Waals surface area contributed by atoms with Crippen molar-refractivity contribution in [1.82, 2.24) is 19.8 Å². The minimum atomic E-state index is -3.93. The predicted molar refractivity (Wildman–Crippen MR) is 121 cm³/mol. The molecule has 0 aliphatic carbocycles. The maximum absolute atomic E-state index is 13.1. The molecule has 2 saturated heterocycles. The Morgan fingerprint density at radius 1 is 1.03 bits per heavy atom. The molecule has 2 N–H and O–H groups in total. The zero-order chi connectivity index (χ0) is 24.6. The predicted octanol–water partition coefficient (Wildman–Crippen LogP) is -0.994. The maximum atomic E-state index is 13.1. The zero-order valence-electron chi connectivity index (χ0n) is 19.4. The lowest BCUT2D eigenvalue weighted by Crippen LogP contribution is -2.47. The van der Waals surface area contributed by atoms with Gasteiger partial charge in [-0.3, -0.25) is 14.5 Å². The fraction of sp³-hybridized carbons (Fsp3) is 0.619. The Morgan fingerprint density at radius 2 is 1.74 bits per heavy atom. The molecule has 12 nitrogen and oxygen atoms in total. The number of benzene rings is 1. The number of sulfonamides is 1. The molecule has 2 aliphatic rings. The van der Waals surface area contributed by atoms with Gasteiger partial charge in [-0.2, -0.15) is 4.31 Å². The van der Waals surface area contributed by atoms with Crippen LogP contribution in [0.25, 0.3) is 0 Å². The first-order valence-electron chi connectivity index (χ1n) is 11.1. The Labute approximate surface area is 199 Å². The quantitative estimate of drug-likeness (QED) is 0.306. The topological polar surface area (TPSA) is 136 Å². The third-order valence-electron chi connectivity index (χ3n) is 5.59. The van der Waals surface area contributed by atoms with Gasteiger partial charge in [-0.1, -0.05) is 0 Å². The second-order valence-corrected chi connectivity index (χ2v) is 9.62. The Balaban J connectivity index is 1.49. The van der Waals surface area contributed by atoms with Gasteiger partial charge in [0.25, 0.3) is 0 Å². The molecule has 0 bridgehead atoms. The van der Waals surface area contributed by atoms with Gasteiger partial charge in [0, 0.05) is 32.2 Å². The van der Waals surface area contributed by atoms with Crippen LogP contribution in [0.1, 0.15) is 6.42 Å². The average Bonchev–Trinajstić information content (AvgIpc) is 3.34. The molecule has 0 saturated carbocycles. The summed E-state index contributed by atoms with van der Waals surface area (Å²) in [5.74, 6) is -0.933. The summed E-state index contributed by atoms with van der Waals surface area (Å²) in [4.78, 5) is 26.5. The lowest BCUT2D eigenvalue weighted by molar-refractivity contribution is -0.139. The van der Waals surface area contributed by atoms with E-state index in [1.165, 1.54) is 32.4 Å². The average molecular weight is 501 g/mol. The summed E-state index contributed by atoms with van der Waals surface area (Å²) in [6.45, 7) is 4.43. The second-order valence-electron chi connectivity index (χ2n) is 7.73. The van der Waals surface area contributed by atoms with Crippen molar-refractivity contribution < 1.29 is 37.0 Å². The standard InChI is InChI=1S/C21H32N4O8S/c1-30-17-5-4-16(14-18(17)31-2)34(28,29)25-10-13-33-19(25)15-23-21(27)20(26)22-6-3-7-24-8-11-32-12-9-24/h4-5,14,19H,3,6-13,15H2,1-2H3,(H,22,26)(H,23,27)/t19-/m0/s1. The summed E-state index contributed by atoms with van der Waals surface area (Å²) < 4.78 is 48.6. The number of ether oxygens (including phenoxy) is 4. The minimum Gasteiger partial charge on any atom is -0.493 e. The highest BCUT2D eigenvalue weighted by atomic mass is 32.2. The van der Waals surface area contributed by atoms with E-state index in [9.17, 15) is 18.0 Å². The number of hydrogen-bond acceptors (Lipinski definition) is 9. The van der Waals surface area contributed by atoms with Gasteiger partial charge in [0.2, 0.25) is 10.0 Å². The summed E-state index contributed by atoms with van der Waals surface area (Å²) in [6, 6.07) is 4.28. The smallest absolute Gasteiger partial charge is 0.309 e. The molecule has 0 spiro atoms. The van der Waals surface area contributed by atoms with Gasteiger partial charge in [-0.15, -0.1) is 0 Å². The van der Waals surface area contributed by atoms with Crippen LogP contribution in [-0.4, -0.2) is 109 Å². The summed E-state index contributed by atoms with van der Waals surface area (Å²) in [5.41, 5.74) is 0. The summed E-state index contributed by atoms with van der Waals surface area (Å²) in [6.07, 6.45) is -0.224. The number of carbonyl (C=O) groups is 2. The van der Waals surface area contributed by atoms with Crippen LogP contribution in [0.3, 0.4) is 0 Å². The molecule has 0 aromatic heterocycles. The largest absolute Gasteiger partial charge is 0.493 e. The lowest BCUT2D eigenvalue weighted by atomic mass is 10.3. The third-order valence-corrected chi connectivity index (χ3v) is 7.47. The monoisotopic (exact) mass is 500 g/mol.